The number of nitrogens with one attached hydrogen (secondary N) is 2. The fourth-order valence-corrected chi connectivity index (χ4v) is 3.43. The summed E-state index contributed by atoms with van der Waals surface area (Å²) in [5, 5.41) is 15.1. The summed E-state index contributed by atoms with van der Waals surface area (Å²) in [6, 6.07) is 4.33. The van der Waals surface area contributed by atoms with Crippen LogP contribution in [0.1, 0.15) is 32.3 Å². The zero-order valence-electron chi connectivity index (χ0n) is 18.0. The van der Waals surface area contributed by atoms with E-state index in [9.17, 15) is 27.9 Å². The van der Waals surface area contributed by atoms with Crippen LogP contribution >= 0.6 is 0 Å². The Hall–Kier alpha value is -2.33. The zero-order chi connectivity index (χ0) is 23.2. The zero-order valence-corrected chi connectivity index (χ0v) is 18.0. The van der Waals surface area contributed by atoms with Crippen molar-refractivity contribution in [2.24, 2.45) is 5.92 Å². The molecule has 3 atom stereocenters. The number of anilines is 1. The number of halogens is 3. The molecule has 0 saturated carbocycles. The summed E-state index contributed by atoms with van der Waals surface area (Å²) in [6.07, 6.45) is -6.57. The summed E-state index contributed by atoms with van der Waals surface area (Å²) >= 11 is 0. The van der Waals surface area contributed by atoms with Crippen LogP contribution in [0.5, 0.6) is 5.75 Å². The average molecular weight is 445 g/mol. The summed E-state index contributed by atoms with van der Waals surface area (Å²) in [7, 11) is 1.79. The molecule has 1 aliphatic rings. The molecule has 3 N–H and O–H groups in total. The van der Waals surface area contributed by atoms with E-state index in [0.717, 1.165) is 0 Å². The third-order valence-electron chi connectivity index (χ3n) is 5.24. The molecule has 0 unspecified atom stereocenters. The fraction of sp³-hybridized carbons (Fsp3) is 0.619. The molecule has 0 spiro atoms. The van der Waals surface area contributed by atoms with Crippen molar-refractivity contribution in [3.63, 3.8) is 0 Å². The first-order valence-electron chi connectivity index (χ1n) is 10.2. The first-order valence-corrected chi connectivity index (χ1v) is 10.2. The number of alkyl halides is 3. The molecule has 31 heavy (non-hydrogen) atoms. The number of aliphatic hydroxyl groups is 1. The van der Waals surface area contributed by atoms with E-state index in [2.05, 4.69) is 10.6 Å². The Morgan fingerprint density at radius 3 is 2.71 bits per heavy atom. The van der Waals surface area contributed by atoms with Crippen LogP contribution < -0.4 is 15.4 Å². The summed E-state index contributed by atoms with van der Waals surface area (Å²) in [5.41, 5.74) is 0.811. The second kappa shape index (κ2) is 10.8. The van der Waals surface area contributed by atoms with Gasteiger partial charge in [-0.1, -0.05) is 6.92 Å². The van der Waals surface area contributed by atoms with E-state index in [1.54, 1.807) is 37.1 Å². The minimum absolute atomic E-state index is 0.0229. The van der Waals surface area contributed by atoms with Crippen LogP contribution in [-0.2, 0) is 16.0 Å². The summed E-state index contributed by atoms with van der Waals surface area (Å²) < 4.78 is 43.2. The topological polar surface area (TPSA) is 90.9 Å². The molecule has 2 amide bonds. The quantitative estimate of drug-likeness (QED) is 0.599. The second-order valence-electron chi connectivity index (χ2n) is 7.93. The highest BCUT2D eigenvalue weighted by molar-refractivity contribution is 5.91. The van der Waals surface area contributed by atoms with Gasteiger partial charge in [0.1, 0.15) is 11.9 Å². The number of likely N-dealkylation sites (N-methyl/N-ethyl adjacent to an activating group) is 1. The van der Waals surface area contributed by atoms with E-state index in [0.29, 0.717) is 30.1 Å². The Labute approximate surface area is 179 Å². The number of carbonyl (C=O) groups is 2. The van der Waals surface area contributed by atoms with Gasteiger partial charge in [0.05, 0.1) is 25.5 Å². The van der Waals surface area contributed by atoms with E-state index in [-0.39, 0.29) is 37.0 Å². The van der Waals surface area contributed by atoms with E-state index in [4.69, 9.17) is 4.74 Å². The minimum atomic E-state index is -4.41. The van der Waals surface area contributed by atoms with E-state index in [1.807, 2.05) is 6.92 Å². The molecule has 7 nitrogen and oxygen atoms in total. The van der Waals surface area contributed by atoms with Crippen LogP contribution in [0.25, 0.3) is 0 Å². The monoisotopic (exact) mass is 445 g/mol. The second-order valence-corrected chi connectivity index (χ2v) is 7.93. The number of hydrogen-bond donors (Lipinski definition) is 3. The van der Waals surface area contributed by atoms with Crippen molar-refractivity contribution in [3.05, 3.63) is 23.8 Å². The molecule has 0 radical (unpaired) electrons. The van der Waals surface area contributed by atoms with Gasteiger partial charge >= 0.3 is 6.18 Å². The normalized spacial score (nSPS) is 20.7. The van der Waals surface area contributed by atoms with Crippen LogP contribution in [0.3, 0.4) is 0 Å². The summed E-state index contributed by atoms with van der Waals surface area (Å²) in [5.74, 6) is -0.515. The predicted octanol–water partition coefficient (Wildman–Crippen LogP) is 2.34. The Bertz CT molecular complexity index is 773. The first kappa shape index (κ1) is 24.9. The van der Waals surface area contributed by atoms with Gasteiger partial charge in [0.2, 0.25) is 11.8 Å². The summed E-state index contributed by atoms with van der Waals surface area (Å²) in [6.45, 7) is 4.48. The van der Waals surface area contributed by atoms with Crippen molar-refractivity contribution in [2.75, 3.05) is 32.1 Å². The Balaban J connectivity index is 2.29. The van der Waals surface area contributed by atoms with E-state index < -0.39 is 24.9 Å². The molecule has 0 aliphatic carbocycles. The third kappa shape index (κ3) is 7.39. The molecule has 1 aromatic rings. The molecule has 174 valence electrons. The molecular formula is C21H30F3N3O4. The number of carbonyl (C=O) groups excluding carboxylic acids is 2. The molecule has 0 fully saturated rings. The number of amides is 2. The lowest BCUT2D eigenvalue weighted by Gasteiger charge is -2.32. The predicted molar refractivity (Wildman–Crippen MR) is 110 cm³/mol. The van der Waals surface area contributed by atoms with Crippen LogP contribution in [0, 0.1) is 5.92 Å². The average Bonchev–Trinajstić information content (AvgIpc) is 2.74. The number of fused-ring (bicyclic) bond motifs is 1. The molecule has 1 aromatic carbocycles. The van der Waals surface area contributed by atoms with Crippen LogP contribution in [0.4, 0.5) is 18.9 Å². The lowest BCUT2D eigenvalue weighted by Crippen LogP contribution is -2.47. The Morgan fingerprint density at radius 1 is 1.39 bits per heavy atom. The van der Waals surface area contributed by atoms with E-state index >= 15 is 0 Å². The Morgan fingerprint density at radius 2 is 2.10 bits per heavy atom. The van der Waals surface area contributed by atoms with Gasteiger partial charge in [0, 0.05) is 36.7 Å². The van der Waals surface area contributed by atoms with Crippen molar-refractivity contribution in [1.29, 1.82) is 0 Å². The molecule has 0 saturated heterocycles. The highest BCUT2D eigenvalue weighted by Gasteiger charge is 2.30. The first-order chi connectivity index (χ1) is 14.5. The highest BCUT2D eigenvalue weighted by atomic mass is 19.4. The van der Waals surface area contributed by atoms with Crippen molar-refractivity contribution >= 4 is 17.5 Å². The molecular weight excluding hydrogens is 415 g/mol. The lowest BCUT2D eigenvalue weighted by atomic mass is 10.0. The number of ether oxygens (including phenoxy) is 1. The molecule has 2 rings (SSSR count). The Kier molecular flexibility index (Phi) is 8.69. The number of nitrogens with zero attached hydrogens (tertiary/aromatic N) is 1. The van der Waals surface area contributed by atoms with Crippen molar-refractivity contribution in [2.45, 2.75) is 51.4 Å². The molecule has 1 heterocycles. The molecule has 10 heteroatoms. The van der Waals surface area contributed by atoms with Crippen molar-refractivity contribution in [1.82, 2.24) is 10.2 Å². The van der Waals surface area contributed by atoms with Crippen molar-refractivity contribution < 1.29 is 32.6 Å². The minimum Gasteiger partial charge on any atom is -0.488 e. The van der Waals surface area contributed by atoms with Gasteiger partial charge in [0.15, 0.2) is 0 Å². The number of hydrogen-bond acceptors (Lipinski definition) is 5. The molecule has 1 aliphatic heterocycles. The van der Waals surface area contributed by atoms with Gasteiger partial charge in [-0.2, -0.15) is 13.2 Å². The number of rotatable bonds is 7. The van der Waals surface area contributed by atoms with Crippen LogP contribution in [-0.4, -0.2) is 66.9 Å². The van der Waals surface area contributed by atoms with Gasteiger partial charge in [-0.15, -0.1) is 0 Å². The van der Waals surface area contributed by atoms with Gasteiger partial charge in [-0.25, -0.2) is 0 Å². The van der Waals surface area contributed by atoms with Gasteiger partial charge < -0.3 is 25.4 Å². The van der Waals surface area contributed by atoms with Crippen LogP contribution in [0.15, 0.2) is 18.2 Å². The van der Waals surface area contributed by atoms with Gasteiger partial charge in [-0.05, 0) is 32.2 Å². The standard InChI is InChI=1S/C21H30F3N3O4/c1-13-11-27(14(2)12-28)20(30)9-15-8-16(26-19(29)6-7-21(22,23)24)4-5-17(15)31-18(13)10-25-3/h4-5,8,13-14,18,25,28H,6-7,9-12H2,1-3H3,(H,26,29)/t13-,14+,18+/m1/s1. The van der Waals surface area contributed by atoms with Gasteiger partial charge in [0.25, 0.3) is 0 Å². The number of aliphatic hydroxyl groups excluding tert-OH is 1. The molecule has 0 aromatic heterocycles. The smallest absolute Gasteiger partial charge is 0.389 e. The fourth-order valence-electron chi connectivity index (χ4n) is 3.43. The van der Waals surface area contributed by atoms with Crippen molar-refractivity contribution in [3.8, 4) is 5.75 Å². The SMILES string of the molecule is CNC[C@@H]1Oc2ccc(NC(=O)CCC(F)(F)F)cc2CC(=O)N([C@@H](C)CO)C[C@H]1C. The third-order valence-corrected chi connectivity index (χ3v) is 5.24. The highest BCUT2D eigenvalue weighted by Crippen LogP contribution is 2.29. The number of benzene rings is 1. The van der Waals surface area contributed by atoms with E-state index in [1.165, 1.54) is 0 Å². The van der Waals surface area contributed by atoms with Gasteiger partial charge in [-0.3, -0.25) is 9.59 Å². The molecule has 0 bridgehead atoms. The lowest BCUT2D eigenvalue weighted by molar-refractivity contribution is -0.142. The largest absolute Gasteiger partial charge is 0.488 e. The maximum atomic E-state index is 13.0. The maximum Gasteiger partial charge on any atom is 0.389 e. The summed E-state index contributed by atoms with van der Waals surface area (Å²) in [4.78, 5) is 26.5. The maximum absolute atomic E-state index is 13.0. The van der Waals surface area contributed by atoms with Crippen LogP contribution in [0.2, 0.25) is 0 Å².